The molecule has 0 spiro atoms. The van der Waals surface area contributed by atoms with E-state index in [2.05, 4.69) is 36.5 Å². The number of carbonyl (C=O) groups is 1. The minimum absolute atomic E-state index is 0. The van der Waals surface area contributed by atoms with Gasteiger partial charge in [-0.3, -0.25) is 9.34 Å². The van der Waals surface area contributed by atoms with Gasteiger partial charge in [0.05, 0.1) is 6.61 Å². The molecule has 23 heavy (non-hydrogen) atoms. The average Bonchev–Trinajstić information content (AvgIpc) is 2.48. The van der Waals surface area contributed by atoms with Crippen molar-refractivity contribution in [2.24, 2.45) is 0 Å². The summed E-state index contributed by atoms with van der Waals surface area (Å²) in [6, 6.07) is 0. The Morgan fingerprint density at radius 1 is 1.17 bits per heavy atom. The van der Waals surface area contributed by atoms with Crippen LogP contribution in [0.15, 0.2) is 23.3 Å². The quantitative estimate of drug-likeness (QED) is 0.269. The summed E-state index contributed by atoms with van der Waals surface area (Å²) in [5, 5.41) is 0. The maximum absolute atomic E-state index is 11.2. The number of carbonyl (C=O) groups excluding carboxylic acids is 1. The molecule has 2 aliphatic heterocycles. The average molecular weight is 368 g/mol. The molecule has 2 unspecified atom stereocenters. The summed E-state index contributed by atoms with van der Waals surface area (Å²) in [6.07, 6.45) is 7.69. The Hall–Kier alpha value is 0.860. The Kier molecular flexibility index (Phi) is 17.2. The second kappa shape index (κ2) is 15.1. The second-order valence-corrected chi connectivity index (χ2v) is 6.64. The van der Waals surface area contributed by atoms with Crippen LogP contribution in [-0.4, -0.2) is 65.5 Å². The predicted molar refractivity (Wildman–Crippen MR) is 106 cm³/mol. The van der Waals surface area contributed by atoms with Crippen molar-refractivity contribution < 1.29 is 29.8 Å². The molecule has 0 fully saturated rings. The van der Waals surface area contributed by atoms with E-state index in [0.29, 0.717) is 13.2 Å². The van der Waals surface area contributed by atoms with Crippen molar-refractivity contribution in [1.29, 1.82) is 0 Å². The zero-order chi connectivity index (χ0) is 15.7. The Balaban J connectivity index is -0.000000336. The molecule has 2 aliphatic rings. The van der Waals surface area contributed by atoms with Gasteiger partial charge in [0.2, 0.25) is 0 Å². The number of rotatable bonds is 3. The van der Waals surface area contributed by atoms with Gasteiger partial charge in [-0.05, 0) is 26.2 Å². The fraction of sp³-hybridized carbons (Fsp3) is 0.667. The van der Waals surface area contributed by atoms with Crippen LogP contribution in [0.5, 0.6) is 0 Å². The number of esters is 1. The first-order valence-electron chi connectivity index (χ1n) is 7.60. The molecule has 2 atom stereocenters. The molecule has 0 saturated heterocycles. The van der Waals surface area contributed by atoms with Crippen molar-refractivity contribution in [3.63, 3.8) is 0 Å². The molecule has 8 heteroatoms. The zero-order valence-electron chi connectivity index (χ0n) is 15.2. The SMILES string of the molecule is CCC1=CCCN(P)C1.CCOC(=O)C1=CCCN(P)C1.[AlH3].[H-].[Li+]. The molecular formula is C15H32AlLiN2O2P2. The molecule has 0 radical (unpaired) electrons. The first-order chi connectivity index (χ1) is 10.1. The van der Waals surface area contributed by atoms with Gasteiger partial charge in [-0.15, -0.1) is 0 Å². The monoisotopic (exact) mass is 368 g/mol. The van der Waals surface area contributed by atoms with Crippen LogP contribution in [0.25, 0.3) is 0 Å². The Morgan fingerprint density at radius 2 is 1.74 bits per heavy atom. The van der Waals surface area contributed by atoms with E-state index in [9.17, 15) is 4.79 Å². The zero-order valence-corrected chi connectivity index (χ0v) is 16.5. The smallest absolute Gasteiger partial charge is 1.00 e. The minimum atomic E-state index is -0.176. The Morgan fingerprint density at radius 3 is 2.17 bits per heavy atom. The van der Waals surface area contributed by atoms with Crippen LogP contribution in [0.2, 0.25) is 0 Å². The van der Waals surface area contributed by atoms with Crippen molar-refractivity contribution >= 4 is 42.1 Å². The molecule has 0 N–H and O–H groups in total. The van der Waals surface area contributed by atoms with Gasteiger partial charge in [0, 0.05) is 31.8 Å². The molecule has 0 aromatic rings. The van der Waals surface area contributed by atoms with Gasteiger partial charge in [0.25, 0.3) is 0 Å². The summed E-state index contributed by atoms with van der Waals surface area (Å²) in [4.78, 5) is 11.2. The third kappa shape index (κ3) is 11.2. The molecule has 2 rings (SSSR count). The Labute approximate surface area is 170 Å². The summed E-state index contributed by atoms with van der Waals surface area (Å²) < 4.78 is 9.21. The van der Waals surface area contributed by atoms with E-state index < -0.39 is 0 Å². The first kappa shape index (κ1) is 26.1. The molecule has 0 aromatic carbocycles. The fourth-order valence-electron chi connectivity index (χ4n) is 2.23. The largest absolute Gasteiger partial charge is 1.00 e. The molecular weight excluding hydrogens is 336 g/mol. The van der Waals surface area contributed by atoms with Gasteiger partial charge < -0.3 is 6.16 Å². The molecule has 128 valence electrons. The molecule has 0 aliphatic carbocycles. The molecule has 4 nitrogen and oxygen atoms in total. The molecule has 0 bridgehead atoms. The van der Waals surface area contributed by atoms with E-state index >= 15 is 0 Å². The van der Waals surface area contributed by atoms with Gasteiger partial charge in [-0.25, -0.2) is 4.79 Å². The summed E-state index contributed by atoms with van der Waals surface area (Å²) in [5.74, 6) is -0.176. The second-order valence-electron chi connectivity index (χ2n) is 5.18. The normalized spacial score (nSPS) is 18.3. The van der Waals surface area contributed by atoms with Gasteiger partial charge >= 0.3 is 24.8 Å². The number of nitrogens with zero attached hydrogens (tertiary/aromatic N) is 2. The van der Waals surface area contributed by atoms with Crippen molar-refractivity contribution in [2.75, 3.05) is 32.8 Å². The van der Waals surface area contributed by atoms with E-state index in [1.165, 1.54) is 19.4 Å². The van der Waals surface area contributed by atoms with Gasteiger partial charge in [-0.1, -0.05) is 43.4 Å². The van der Waals surface area contributed by atoms with Gasteiger partial charge in [-0.2, -0.15) is 0 Å². The van der Waals surface area contributed by atoms with Crippen LogP contribution in [0.4, 0.5) is 0 Å². The van der Waals surface area contributed by atoms with E-state index in [1.807, 2.05) is 17.7 Å². The first-order valence-corrected chi connectivity index (χ1v) is 8.63. The molecule has 0 aromatic heterocycles. The molecule has 2 heterocycles. The predicted octanol–water partition coefficient (Wildman–Crippen LogP) is -1.28. The Bertz CT molecular complexity index is 415. The summed E-state index contributed by atoms with van der Waals surface area (Å²) in [6.45, 7) is 8.52. The van der Waals surface area contributed by atoms with E-state index in [1.54, 1.807) is 5.57 Å². The van der Waals surface area contributed by atoms with Gasteiger partial charge in [0.15, 0.2) is 17.4 Å². The minimum Gasteiger partial charge on any atom is -1.00 e. The van der Waals surface area contributed by atoms with Crippen LogP contribution < -0.4 is 18.9 Å². The van der Waals surface area contributed by atoms with E-state index in [0.717, 1.165) is 25.1 Å². The van der Waals surface area contributed by atoms with Crippen molar-refractivity contribution in [3.8, 4) is 0 Å². The molecule has 0 amide bonds. The number of hydrogen-bond acceptors (Lipinski definition) is 4. The fourth-order valence-corrected chi connectivity index (χ4v) is 2.96. The van der Waals surface area contributed by atoms with Gasteiger partial charge in [0.1, 0.15) is 0 Å². The van der Waals surface area contributed by atoms with Crippen LogP contribution >= 0.6 is 18.8 Å². The van der Waals surface area contributed by atoms with Crippen molar-refractivity contribution in [1.82, 2.24) is 9.34 Å². The number of hydrogen-bond donors (Lipinski definition) is 0. The maximum Gasteiger partial charge on any atom is 1.00 e. The van der Waals surface area contributed by atoms with E-state index in [-0.39, 0.29) is 43.6 Å². The number of ether oxygens (including phenoxy) is 1. The third-order valence-electron chi connectivity index (χ3n) is 3.43. The van der Waals surface area contributed by atoms with Crippen molar-refractivity contribution in [2.45, 2.75) is 33.1 Å². The maximum atomic E-state index is 11.2. The van der Waals surface area contributed by atoms with Crippen LogP contribution in [0.3, 0.4) is 0 Å². The van der Waals surface area contributed by atoms with Crippen LogP contribution in [0.1, 0.15) is 34.5 Å². The van der Waals surface area contributed by atoms with E-state index in [4.69, 9.17) is 4.74 Å². The molecule has 0 saturated carbocycles. The summed E-state index contributed by atoms with van der Waals surface area (Å²) in [5.41, 5.74) is 2.36. The summed E-state index contributed by atoms with van der Waals surface area (Å²) in [7, 11) is 5.35. The topological polar surface area (TPSA) is 32.8 Å². The van der Waals surface area contributed by atoms with Crippen molar-refractivity contribution in [3.05, 3.63) is 23.3 Å². The standard InChI is InChI=1S/C8H14NO2P.C7H14NP.Al.Li.4H/c1-2-11-8(10)7-4-3-5-9(12)6-7;1-2-7-4-3-5-8(9)6-7;;;;;;/h4H,2-3,5-6,12H2,1H3;4H,2-3,5-6,9H2,1H3;;;;;;/q;;;+1;;;;-1. The summed E-state index contributed by atoms with van der Waals surface area (Å²) >= 11 is 0. The van der Waals surface area contributed by atoms with Crippen LogP contribution in [0, 0.1) is 0 Å². The van der Waals surface area contributed by atoms with Crippen LogP contribution in [-0.2, 0) is 9.53 Å². The third-order valence-corrected chi connectivity index (χ3v) is 4.31.